The van der Waals surface area contributed by atoms with Gasteiger partial charge in [0.05, 0.1) is 0 Å². The Bertz CT molecular complexity index is 663. The fourth-order valence-electron chi connectivity index (χ4n) is 2.66. The van der Waals surface area contributed by atoms with E-state index in [4.69, 9.17) is 9.47 Å². The van der Waals surface area contributed by atoms with Crippen LogP contribution >= 0.6 is 24.0 Å². The SMILES string of the molecule is CN=C(NCCCCN(C)C(C)C)NCc1cc2c(cc1OC(F)F)OCO2.I. The molecule has 0 saturated carbocycles. The van der Waals surface area contributed by atoms with Crippen molar-refractivity contribution in [2.75, 3.05) is 34.0 Å². The highest BCUT2D eigenvalue weighted by atomic mass is 127. The minimum atomic E-state index is -2.92. The average Bonchev–Trinajstić information content (AvgIpc) is 3.10. The largest absolute Gasteiger partial charge is 0.454 e. The molecule has 0 saturated heterocycles. The van der Waals surface area contributed by atoms with Crippen molar-refractivity contribution in [3.05, 3.63) is 17.7 Å². The zero-order valence-corrected chi connectivity index (χ0v) is 19.7. The summed E-state index contributed by atoms with van der Waals surface area (Å²) < 4.78 is 40.6. The van der Waals surface area contributed by atoms with Crippen LogP contribution in [0.15, 0.2) is 17.1 Å². The molecule has 0 spiro atoms. The fraction of sp³-hybridized carbons (Fsp3) is 0.632. The van der Waals surface area contributed by atoms with Crippen LogP contribution in [0.2, 0.25) is 0 Å². The van der Waals surface area contributed by atoms with Crippen LogP contribution in [0, 0.1) is 0 Å². The summed E-state index contributed by atoms with van der Waals surface area (Å²) in [7, 11) is 3.78. The molecule has 0 amide bonds. The van der Waals surface area contributed by atoms with Crippen LogP contribution in [0.25, 0.3) is 0 Å². The van der Waals surface area contributed by atoms with Crippen LogP contribution in [-0.2, 0) is 6.54 Å². The molecule has 0 aromatic heterocycles. The van der Waals surface area contributed by atoms with Crippen molar-refractivity contribution < 1.29 is 23.0 Å². The van der Waals surface area contributed by atoms with E-state index in [9.17, 15) is 8.78 Å². The fourth-order valence-corrected chi connectivity index (χ4v) is 2.66. The Morgan fingerprint density at radius 1 is 1.21 bits per heavy atom. The first-order valence-electron chi connectivity index (χ1n) is 9.42. The number of hydrogen-bond acceptors (Lipinski definition) is 5. The molecule has 0 unspecified atom stereocenters. The second-order valence-corrected chi connectivity index (χ2v) is 6.83. The van der Waals surface area contributed by atoms with Crippen molar-refractivity contribution in [1.29, 1.82) is 0 Å². The van der Waals surface area contributed by atoms with Crippen LogP contribution in [0.4, 0.5) is 8.78 Å². The molecular formula is C19H31F2IN4O3. The molecular weight excluding hydrogens is 497 g/mol. The standard InChI is InChI=1S/C19H30F2N4O3.HI/c1-13(2)25(4)8-6-5-7-23-19(22-3)24-11-14-9-16-17(27-12-26-16)10-15(14)28-18(20)21;/h9-10,13,18H,5-8,11-12H2,1-4H3,(H2,22,23,24);1H. The minimum Gasteiger partial charge on any atom is -0.454 e. The van der Waals surface area contributed by atoms with Crippen molar-refractivity contribution in [3.63, 3.8) is 0 Å². The number of ether oxygens (including phenoxy) is 3. The topological polar surface area (TPSA) is 67.4 Å². The second kappa shape index (κ2) is 12.9. The van der Waals surface area contributed by atoms with Crippen molar-refractivity contribution >= 4 is 29.9 Å². The zero-order chi connectivity index (χ0) is 20.5. The predicted molar refractivity (Wildman–Crippen MR) is 120 cm³/mol. The van der Waals surface area contributed by atoms with Crippen molar-refractivity contribution in [2.45, 2.75) is 45.9 Å². The highest BCUT2D eigenvalue weighted by molar-refractivity contribution is 14.0. The van der Waals surface area contributed by atoms with E-state index < -0.39 is 6.61 Å². The van der Waals surface area contributed by atoms with E-state index in [2.05, 4.69) is 46.2 Å². The predicted octanol–water partition coefficient (Wildman–Crippen LogP) is 3.42. The van der Waals surface area contributed by atoms with Crippen molar-refractivity contribution in [1.82, 2.24) is 15.5 Å². The molecule has 2 rings (SSSR count). The van der Waals surface area contributed by atoms with Gasteiger partial charge < -0.3 is 29.7 Å². The zero-order valence-electron chi connectivity index (χ0n) is 17.3. The number of alkyl halides is 2. The summed E-state index contributed by atoms with van der Waals surface area (Å²) in [5, 5.41) is 6.35. The summed E-state index contributed by atoms with van der Waals surface area (Å²) in [5.74, 6) is 1.56. The number of fused-ring (bicyclic) bond motifs is 1. The maximum absolute atomic E-state index is 12.7. The van der Waals surface area contributed by atoms with Gasteiger partial charge in [0.2, 0.25) is 6.79 Å². The van der Waals surface area contributed by atoms with Gasteiger partial charge in [0, 0.05) is 37.8 Å². The second-order valence-electron chi connectivity index (χ2n) is 6.83. The molecule has 0 radical (unpaired) electrons. The molecule has 10 heteroatoms. The first-order valence-corrected chi connectivity index (χ1v) is 9.42. The molecule has 0 aliphatic carbocycles. The molecule has 166 valence electrons. The average molecular weight is 528 g/mol. The summed E-state index contributed by atoms with van der Waals surface area (Å²) in [6, 6.07) is 3.60. The lowest BCUT2D eigenvalue weighted by Crippen LogP contribution is -2.37. The Labute approximate surface area is 188 Å². The quantitative estimate of drug-likeness (QED) is 0.210. The number of nitrogens with one attached hydrogen (secondary N) is 2. The van der Waals surface area contributed by atoms with Gasteiger partial charge in [-0.05, 0) is 46.3 Å². The van der Waals surface area contributed by atoms with Crippen LogP contribution in [0.1, 0.15) is 32.3 Å². The van der Waals surface area contributed by atoms with Crippen LogP contribution in [0.3, 0.4) is 0 Å². The number of nitrogens with zero attached hydrogens (tertiary/aromatic N) is 2. The van der Waals surface area contributed by atoms with Gasteiger partial charge >= 0.3 is 6.61 Å². The monoisotopic (exact) mass is 528 g/mol. The number of unbranched alkanes of at least 4 members (excludes halogenated alkanes) is 1. The number of hydrogen-bond donors (Lipinski definition) is 2. The summed E-state index contributed by atoms with van der Waals surface area (Å²) in [6.07, 6.45) is 2.08. The smallest absolute Gasteiger partial charge is 0.387 e. The van der Waals surface area contributed by atoms with Gasteiger partial charge in [0.1, 0.15) is 5.75 Å². The van der Waals surface area contributed by atoms with Gasteiger partial charge in [-0.1, -0.05) is 0 Å². The van der Waals surface area contributed by atoms with E-state index in [1.165, 1.54) is 6.07 Å². The Morgan fingerprint density at radius 2 is 1.90 bits per heavy atom. The number of halogens is 3. The molecule has 29 heavy (non-hydrogen) atoms. The molecule has 7 nitrogen and oxygen atoms in total. The number of aliphatic imine (C=N–C) groups is 1. The maximum atomic E-state index is 12.7. The first-order chi connectivity index (χ1) is 13.4. The minimum absolute atomic E-state index is 0. The number of rotatable bonds is 10. The number of benzene rings is 1. The van der Waals surface area contributed by atoms with E-state index >= 15 is 0 Å². The van der Waals surface area contributed by atoms with Gasteiger partial charge in [0.25, 0.3) is 0 Å². The Morgan fingerprint density at radius 3 is 2.52 bits per heavy atom. The van der Waals surface area contributed by atoms with E-state index in [1.54, 1.807) is 13.1 Å². The van der Waals surface area contributed by atoms with E-state index in [0.29, 0.717) is 29.1 Å². The summed E-state index contributed by atoms with van der Waals surface area (Å²) in [4.78, 5) is 6.47. The molecule has 1 heterocycles. The molecule has 1 aromatic carbocycles. The van der Waals surface area contributed by atoms with Gasteiger partial charge in [0.15, 0.2) is 17.5 Å². The lowest BCUT2D eigenvalue weighted by Gasteiger charge is -2.20. The Hall–Kier alpha value is -1.56. The highest BCUT2D eigenvalue weighted by Crippen LogP contribution is 2.38. The highest BCUT2D eigenvalue weighted by Gasteiger charge is 2.20. The van der Waals surface area contributed by atoms with Gasteiger partial charge in [-0.15, -0.1) is 24.0 Å². The lowest BCUT2D eigenvalue weighted by atomic mass is 10.1. The summed E-state index contributed by atoms with van der Waals surface area (Å²) >= 11 is 0. The van der Waals surface area contributed by atoms with Crippen LogP contribution < -0.4 is 24.8 Å². The van der Waals surface area contributed by atoms with Gasteiger partial charge in [-0.25, -0.2) is 0 Å². The maximum Gasteiger partial charge on any atom is 0.387 e. The van der Waals surface area contributed by atoms with E-state index in [1.807, 2.05) is 0 Å². The molecule has 1 aliphatic rings. The third-order valence-electron chi connectivity index (χ3n) is 4.55. The van der Waals surface area contributed by atoms with Crippen LogP contribution in [0.5, 0.6) is 17.2 Å². The Balaban J connectivity index is 0.00000420. The third kappa shape index (κ3) is 8.37. The van der Waals surface area contributed by atoms with Crippen molar-refractivity contribution in [3.8, 4) is 17.2 Å². The molecule has 2 N–H and O–H groups in total. The number of guanidine groups is 1. The summed E-state index contributed by atoms with van der Waals surface area (Å²) in [5.41, 5.74) is 0.533. The Kier molecular flexibility index (Phi) is 11.3. The van der Waals surface area contributed by atoms with Gasteiger partial charge in [-0.3, -0.25) is 4.99 Å². The molecule has 1 aromatic rings. The normalized spacial score (nSPS) is 13.1. The van der Waals surface area contributed by atoms with E-state index in [-0.39, 0.29) is 43.1 Å². The molecule has 0 atom stereocenters. The summed E-state index contributed by atoms with van der Waals surface area (Å²) in [6.45, 7) is 3.56. The molecule has 0 fully saturated rings. The van der Waals surface area contributed by atoms with Crippen LogP contribution in [-0.4, -0.2) is 57.5 Å². The first kappa shape index (κ1) is 25.5. The van der Waals surface area contributed by atoms with Gasteiger partial charge in [-0.2, -0.15) is 8.78 Å². The van der Waals surface area contributed by atoms with Crippen molar-refractivity contribution in [2.24, 2.45) is 4.99 Å². The molecule has 1 aliphatic heterocycles. The van der Waals surface area contributed by atoms with E-state index in [0.717, 1.165) is 25.9 Å². The molecule has 0 bridgehead atoms. The lowest BCUT2D eigenvalue weighted by molar-refractivity contribution is -0.0505. The third-order valence-corrected chi connectivity index (χ3v) is 4.55.